The fourth-order valence-electron chi connectivity index (χ4n) is 4.57. The predicted octanol–water partition coefficient (Wildman–Crippen LogP) is 1.72. The highest BCUT2D eigenvalue weighted by Crippen LogP contribution is 2.30. The Morgan fingerprint density at radius 1 is 1.09 bits per heavy atom. The molecule has 2 rings (SSSR count). The first-order chi connectivity index (χ1) is 15.1. The van der Waals surface area contributed by atoms with E-state index in [0.717, 1.165) is 44.9 Å². The van der Waals surface area contributed by atoms with E-state index in [1.165, 1.54) is 0 Å². The molecule has 0 aromatic carbocycles. The number of amides is 2. The van der Waals surface area contributed by atoms with E-state index in [4.69, 9.17) is 16.2 Å². The molecular formula is C22H39N5O5. The lowest BCUT2D eigenvalue weighted by Gasteiger charge is -2.32. The van der Waals surface area contributed by atoms with Gasteiger partial charge in [-0.25, -0.2) is 9.59 Å². The Morgan fingerprint density at radius 3 is 2.38 bits per heavy atom. The Bertz CT molecular complexity index is 672. The lowest BCUT2D eigenvalue weighted by molar-refractivity contribution is -0.139. The lowest BCUT2D eigenvalue weighted by atomic mass is 9.81. The number of carboxylic acids is 1. The standard InChI is InChI=1S/C22H39N5O5/c1-13(2)12-32-22(31)27-18(20(29)30)10-14-6-8-16(9-7-14)25-19(28)15-4-3-5-17(11-15)26-21(23)24/h13-18H,3-12H2,1-2H3,(H,25,28)(H,27,31)(H,29,30)(H4,23,24,26). The highest BCUT2D eigenvalue weighted by atomic mass is 16.5. The topological polar surface area (TPSA) is 169 Å². The number of hydrogen-bond acceptors (Lipinski definition) is 5. The summed E-state index contributed by atoms with van der Waals surface area (Å²) in [5.74, 6) is -0.656. The number of guanidine groups is 1. The van der Waals surface area contributed by atoms with Crippen LogP contribution >= 0.6 is 0 Å². The zero-order valence-electron chi connectivity index (χ0n) is 19.2. The first kappa shape index (κ1) is 25.7. The molecule has 0 saturated heterocycles. The number of rotatable bonds is 9. The van der Waals surface area contributed by atoms with Crippen LogP contribution in [0.2, 0.25) is 0 Å². The van der Waals surface area contributed by atoms with Crippen LogP contribution in [0.1, 0.15) is 71.6 Å². The van der Waals surface area contributed by atoms with Crippen molar-refractivity contribution in [3.05, 3.63) is 0 Å². The number of carbonyl (C=O) groups is 3. The van der Waals surface area contributed by atoms with Gasteiger partial charge in [0.2, 0.25) is 5.91 Å². The number of aliphatic carboxylic acids is 1. The molecule has 2 saturated carbocycles. The van der Waals surface area contributed by atoms with E-state index in [-0.39, 0.29) is 48.3 Å². The molecule has 0 aliphatic heterocycles. The highest BCUT2D eigenvalue weighted by Gasteiger charge is 2.31. The SMILES string of the molecule is CC(C)COC(=O)NC(CC1CCC(NC(=O)C2CCCC(N=C(N)N)C2)CC1)C(=O)O. The van der Waals surface area contributed by atoms with Gasteiger partial charge in [0.1, 0.15) is 6.04 Å². The Labute approximate surface area is 189 Å². The molecule has 0 aromatic heterocycles. The van der Waals surface area contributed by atoms with Gasteiger partial charge in [0.05, 0.1) is 12.6 Å². The number of ether oxygens (including phenoxy) is 1. The largest absolute Gasteiger partial charge is 0.480 e. The van der Waals surface area contributed by atoms with Crippen molar-refractivity contribution in [1.29, 1.82) is 0 Å². The molecule has 0 heterocycles. The molecule has 0 spiro atoms. The number of carboxylic acid groups (broad SMARTS) is 1. The Kier molecular flexibility index (Phi) is 10.1. The van der Waals surface area contributed by atoms with Gasteiger partial charge in [-0.3, -0.25) is 9.79 Å². The van der Waals surface area contributed by atoms with Crippen LogP contribution in [0.25, 0.3) is 0 Å². The van der Waals surface area contributed by atoms with Crippen molar-refractivity contribution in [2.75, 3.05) is 6.61 Å². The summed E-state index contributed by atoms with van der Waals surface area (Å²) < 4.78 is 5.04. The maximum absolute atomic E-state index is 12.7. The van der Waals surface area contributed by atoms with E-state index in [1.54, 1.807) is 0 Å². The van der Waals surface area contributed by atoms with Gasteiger partial charge >= 0.3 is 12.1 Å². The molecule has 3 atom stereocenters. The van der Waals surface area contributed by atoms with Gasteiger partial charge in [-0.2, -0.15) is 0 Å². The van der Waals surface area contributed by atoms with Gasteiger partial charge in [-0.15, -0.1) is 0 Å². The van der Waals surface area contributed by atoms with Crippen LogP contribution in [-0.4, -0.2) is 53.8 Å². The molecule has 2 aliphatic rings. The third-order valence-electron chi connectivity index (χ3n) is 6.25. The minimum absolute atomic E-state index is 0.00733. The number of alkyl carbamates (subject to hydrolysis) is 1. The predicted molar refractivity (Wildman–Crippen MR) is 121 cm³/mol. The molecule has 7 N–H and O–H groups in total. The van der Waals surface area contributed by atoms with Gasteiger partial charge in [-0.05, 0) is 63.2 Å². The number of nitrogens with zero attached hydrogens (tertiary/aromatic N) is 1. The molecule has 3 unspecified atom stereocenters. The highest BCUT2D eigenvalue weighted by molar-refractivity contribution is 5.80. The Hall–Kier alpha value is -2.52. The zero-order valence-corrected chi connectivity index (χ0v) is 19.2. The summed E-state index contributed by atoms with van der Waals surface area (Å²) in [4.78, 5) is 40.3. The Morgan fingerprint density at radius 2 is 1.78 bits per heavy atom. The molecule has 0 aromatic rings. The number of carbonyl (C=O) groups excluding carboxylic acids is 2. The quantitative estimate of drug-likeness (QED) is 0.261. The molecule has 10 heteroatoms. The average Bonchev–Trinajstić information content (AvgIpc) is 2.72. The van der Waals surface area contributed by atoms with E-state index < -0.39 is 18.1 Å². The van der Waals surface area contributed by atoms with Gasteiger partial charge in [0.15, 0.2) is 5.96 Å². The fourth-order valence-corrected chi connectivity index (χ4v) is 4.57. The summed E-state index contributed by atoms with van der Waals surface area (Å²) in [6.45, 7) is 4.07. The maximum Gasteiger partial charge on any atom is 0.407 e. The number of nitrogens with two attached hydrogens (primary N) is 2. The Balaban J connectivity index is 1.75. The lowest BCUT2D eigenvalue weighted by Crippen LogP contribution is -2.45. The molecular weight excluding hydrogens is 414 g/mol. The normalized spacial score (nSPS) is 26.6. The third-order valence-corrected chi connectivity index (χ3v) is 6.25. The zero-order chi connectivity index (χ0) is 23.7. The minimum atomic E-state index is -1.06. The van der Waals surface area contributed by atoms with Crippen molar-refractivity contribution in [1.82, 2.24) is 10.6 Å². The molecule has 0 radical (unpaired) electrons. The monoisotopic (exact) mass is 453 g/mol. The maximum atomic E-state index is 12.7. The fraction of sp³-hybridized carbons (Fsp3) is 0.818. The van der Waals surface area contributed by atoms with Crippen molar-refractivity contribution in [3.8, 4) is 0 Å². The molecule has 182 valence electrons. The van der Waals surface area contributed by atoms with Gasteiger partial charge in [0, 0.05) is 12.0 Å². The van der Waals surface area contributed by atoms with E-state index >= 15 is 0 Å². The van der Waals surface area contributed by atoms with E-state index in [1.807, 2.05) is 13.8 Å². The van der Waals surface area contributed by atoms with Crippen molar-refractivity contribution in [2.45, 2.75) is 89.8 Å². The summed E-state index contributed by atoms with van der Waals surface area (Å²) in [7, 11) is 0. The third kappa shape index (κ3) is 8.92. The van der Waals surface area contributed by atoms with Crippen molar-refractivity contribution in [3.63, 3.8) is 0 Å². The molecule has 2 amide bonds. The van der Waals surface area contributed by atoms with Crippen molar-refractivity contribution >= 4 is 23.9 Å². The summed E-state index contributed by atoms with van der Waals surface area (Å²) in [6, 6.07) is -0.872. The molecule has 32 heavy (non-hydrogen) atoms. The minimum Gasteiger partial charge on any atom is -0.480 e. The summed E-state index contributed by atoms with van der Waals surface area (Å²) in [5, 5.41) is 15.1. The molecule has 0 bridgehead atoms. The van der Waals surface area contributed by atoms with Crippen LogP contribution in [0.4, 0.5) is 4.79 Å². The summed E-state index contributed by atoms with van der Waals surface area (Å²) in [6.07, 6.45) is 6.20. The van der Waals surface area contributed by atoms with Crippen LogP contribution in [-0.2, 0) is 14.3 Å². The summed E-state index contributed by atoms with van der Waals surface area (Å²) in [5.41, 5.74) is 10.9. The van der Waals surface area contributed by atoms with Crippen LogP contribution in [0.3, 0.4) is 0 Å². The number of hydrogen-bond donors (Lipinski definition) is 5. The van der Waals surface area contributed by atoms with Crippen molar-refractivity contribution < 1.29 is 24.2 Å². The second-order valence-corrected chi connectivity index (χ2v) is 9.56. The van der Waals surface area contributed by atoms with Crippen LogP contribution in [0.15, 0.2) is 4.99 Å². The first-order valence-electron chi connectivity index (χ1n) is 11.7. The average molecular weight is 454 g/mol. The molecule has 10 nitrogen and oxygen atoms in total. The first-order valence-corrected chi connectivity index (χ1v) is 11.7. The smallest absolute Gasteiger partial charge is 0.407 e. The van der Waals surface area contributed by atoms with Crippen LogP contribution < -0.4 is 22.1 Å². The summed E-state index contributed by atoms with van der Waals surface area (Å²) >= 11 is 0. The van der Waals surface area contributed by atoms with E-state index in [0.29, 0.717) is 12.8 Å². The second-order valence-electron chi connectivity index (χ2n) is 9.56. The van der Waals surface area contributed by atoms with Crippen LogP contribution in [0, 0.1) is 17.8 Å². The molecule has 2 aliphatic carbocycles. The van der Waals surface area contributed by atoms with Crippen LogP contribution in [0.5, 0.6) is 0 Å². The van der Waals surface area contributed by atoms with Gasteiger partial charge in [-0.1, -0.05) is 20.3 Å². The number of aliphatic imine (C=N–C) groups is 1. The van der Waals surface area contributed by atoms with Gasteiger partial charge in [0.25, 0.3) is 0 Å². The van der Waals surface area contributed by atoms with Gasteiger partial charge < -0.3 is 31.9 Å². The second kappa shape index (κ2) is 12.5. The van der Waals surface area contributed by atoms with E-state index in [9.17, 15) is 19.5 Å². The molecule has 2 fully saturated rings. The van der Waals surface area contributed by atoms with Crippen molar-refractivity contribution in [2.24, 2.45) is 34.2 Å². The number of nitrogens with one attached hydrogen (secondary N) is 2. The van der Waals surface area contributed by atoms with E-state index in [2.05, 4.69) is 15.6 Å².